The number of carbonyl (C=O) groups is 2. The number of hydrogen-bond acceptors (Lipinski definition) is 6. The molecule has 3 aromatic rings. The highest BCUT2D eigenvalue weighted by Crippen LogP contribution is 2.31. The molecule has 0 spiro atoms. The van der Waals surface area contributed by atoms with Crippen molar-refractivity contribution < 1.29 is 19.2 Å². The number of nitro groups is 1. The van der Waals surface area contributed by atoms with Crippen molar-refractivity contribution in [3.05, 3.63) is 75.5 Å². The molecule has 1 atom stereocenters. The van der Waals surface area contributed by atoms with E-state index in [-0.39, 0.29) is 11.4 Å². The first-order valence-electron chi connectivity index (χ1n) is 9.61. The molecule has 1 aliphatic carbocycles. The van der Waals surface area contributed by atoms with Crippen molar-refractivity contribution in [3.8, 4) is 0 Å². The van der Waals surface area contributed by atoms with Crippen molar-refractivity contribution in [1.82, 2.24) is 4.98 Å². The average Bonchev–Trinajstić information content (AvgIpc) is 3.19. The summed E-state index contributed by atoms with van der Waals surface area (Å²) in [5.74, 6) is -1.25. The largest absolute Gasteiger partial charge is 0.449 e. The number of anilines is 1. The van der Waals surface area contributed by atoms with Crippen molar-refractivity contribution in [3.63, 3.8) is 0 Å². The molecule has 8 nitrogen and oxygen atoms in total. The molecule has 8 heteroatoms. The van der Waals surface area contributed by atoms with Gasteiger partial charge in [-0.05, 0) is 43.9 Å². The van der Waals surface area contributed by atoms with Gasteiger partial charge in [0.05, 0.1) is 16.0 Å². The molecule has 0 bridgehead atoms. The predicted molar refractivity (Wildman–Crippen MR) is 110 cm³/mol. The van der Waals surface area contributed by atoms with Crippen LogP contribution in [-0.4, -0.2) is 27.9 Å². The summed E-state index contributed by atoms with van der Waals surface area (Å²) in [6.07, 6.45) is 1.30. The number of carbonyl (C=O) groups excluding carboxylic acids is 2. The second-order valence-corrected chi connectivity index (χ2v) is 7.09. The summed E-state index contributed by atoms with van der Waals surface area (Å²) in [6, 6.07) is 13.1. The van der Waals surface area contributed by atoms with Gasteiger partial charge in [0.2, 0.25) is 0 Å². The zero-order chi connectivity index (χ0) is 21.3. The predicted octanol–water partition coefficient (Wildman–Crippen LogP) is 3.82. The Balaban J connectivity index is 1.58. The number of esters is 1. The van der Waals surface area contributed by atoms with Crippen LogP contribution in [0, 0.1) is 10.1 Å². The Labute approximate surface area is 172 Å². The Kier molecular flexibility index (Phi) is 5.14. The number of nitrogens with one attached hydrogen (secondary N) is 1. The minimum absolute atomic E-state index is 0.0469. The van der Waals surface area contributed by atoms with Crippen LogP contribution >= 0.6 is 0 Å². The Morgan fingerprint density at radius 3 is 2.67 bits per heavy atom. The van der Waals surface area contributed by atoms with Crippen LogP contribution in [0.5, 0.6) is 0 Å². The lowest BCUT2D eigenvalue weighted by molar-refractivity contribution is -0.383. The summed E-state index contributed by atoms with van der Waals surface area (Å²) >= 11 is 0. The van der Waals surface area contributed by atoms with E-state index in [9.17, 15) is 19.7 Å². The number of ether oxygens (including phenoxy) is 1. The summed E-state index contributed by atoms with van der Waals surface area (Å²) in [5, 5.41) is 14.3. The number of hydrogen-bond donors (Lipinski definition) is 1. The highest BCUT2D eigenvalue weighted by Gasteiger charge is 2.28. The van der Waals surface area contributed by atoms with E-state index >= 15 is 0 Å². The molecule has 1 heterocycles. The number of amides is 1. The van der Waals surface area contributed by atoms with E-state index in [4.69, 9.17) is 4.74 Å². The van der Waals surface area contributed by atoms with Crippen molar-refractivity contribution in [2.24, 2.45) is 0 Å². The van der Waals surface area contributed by atoms with Gasteiger partial charge in [-0.25, -0.2) is 4.79 Å². The monoisotopic (exact) mass is 405 g/mol. The second kappa shape index (κ2) is 7.90. The van der Waals surface area contributed by atoms with Crippen LogP contribution in [0.15, 0.2) is 48.5 Å². The minimum Gasteiger partial charge on any atom is -0.449 e. The molecule has 4 rings (SSSR count). The van der Waals surface area contributed by atoms with Gasteiger partial charge >= 0.3 is 5.97 Å². The summed E-state index contributed by atoms with van der Waals surface area (Å²) in [6.45, 7) is 1.44. The fraction of sp³-hybridized carbons (Fsp3) is 0.227. The number of rotatable bonds is 5. The third-order valence-electron chi connectivity index (χ3n) is 5.14. The molecule has 0 aliphatic heterocycles. The Hall–Kier alpha value is -3.81. The summed E-state index contributed by atoms with van der Waals surface area (Å²) < 4.78 is 5.46. The van der Waals surface area contributed by atoms with Crippen LogP contribution in [-0.2, 0) is 22.4 Å². The molecule has 1 aliphatic rings. The van der Waals surface area contributed by atoms with Gasteiger partial charge in [-0.2, -0.15) is 0 Å². The molecule has 0 radical (unpaired) electrons. The first kappa shape index (κ1) is 19.5. The zero-order valence-corrected chi connectivity index (χ0v) is 16.3. The molecule has 152 valence electrons. The van der Waals surface area contributed by atoms with Crippen molar-refractivity contribution in [2.75, 3.05) is 5.32 Å². The van der Waals surface area contributed by atoms with E-state index in [1.165, 1.54) is 25.1 Å². The quantitative estimate of drug-likeness (QED) is 0.392. The van der Waals surface area contributed by atoms with Gasteiger partial charge < -0.3 is 10.1 Å². The topological polar surface area (TPSA) is 111 Å². The Morgan fingerprint density at radius 1 is 1.13 bits per heavy atom. The first-order chi connectivity index (χ1) is 14.5. The Morgan fingerprint density at radius 2 is 1.87 bits per heavy atom. The number of aromatic nitrogens is 1. The van der Waals surface area contributed by atoms with Crippen molar-refractivity contribution in [2.45, 2.75) is 32.3 Å². The van der Waals surface area contributed by atoms with Gasteiger partial charge in [0.15, 0.2) is 6.10 Å². The average molecular weight is 405 g/mol. The highest BCUT2D eigenvalue weighted by atomic mass is 16.6. The fourth-order valence-electron chi connectivity index (χ4n) is 3.69. The molecule has 1 N–H and O–H groups in total. The maximum atomic E-state index is 13.0. The van der Waals surface area contributed by atoms with E-state index < -0.39 is 22.9 Å². The summed E-state index contributed by atoms with van der Waals surface area (Å²) in [4.78, 5) is 40.7. The van der Waals surface area contributed by atoms with E-state index in [2.05, 4.69) is 10.3 Å². The molecule has 2 aromatic carbocycles. The van der Waals surface area contributed by atoms with Crippen LogP contribution in [0.1, 0.15) is 35.0 Å². The van der Waals surface area contributed by atoms with Crippen LogP contribution in [0.4, 0.5) is 11.4 Å². The van der Waals surface area contributed by atoms with Crippen molar-refractivity contribution in [1.29, 1.82) is 0 Å². The van der Waals surface area contributed by atoms with Crippen LogP contribution in [0.25, 0.3) is 10.9 Å². The zero-order valence-electron chi connectivity index (χ0n) is 16.3. The number of benzene rings is 2. The number of para-hydroxylation sites is 3. The molecular weight excluding hydrogens is 386 g/mol. The van der Waals surface area contributed by atoms with Gasteiger partial charge in [0, 0.05) is 17.1 Å². The maximum Gasteiger partial charge on any atom is 0.339 e. The van der Waals surface area contributed by atoms with Gasteiger partial charge in [0.25, 0.3) is 11.6 Å². The highest BCUT2D eigenvalue weighted by molar-refractivity contribution is 6.06. The summed E-state index contributed by atoms with van der Waals surface area (Å²) in [5.41, 5.74) is 2.72. The van der Waals surface area contributed by atoms with E-state index in [1.54, 1.807) is 6.07 Å². The Bertz CT molecular complexity index is 1170. The van der Waals surface area contributed by atoms with Gasteiger partial charge in [0.1, 0.15) is 5.69 Å². The molecule has 0 saturated heterocycles. The van der Waals surface area contributed by atoms with Crippen molar-refractivity contribution >= 4 is 34.2 Å². The lowest BCUT2D eigenvalue weighted by Crippen LogP contribution is -2.30. The normalized spacial score (nSPS) is 13.5. The van der Waals surface area contributed by atoms with Crippen LogP contribution < -0.4 is 5.32 Å². The van der Waals surface area contributed by atoms with Gasteiger partial charge in [-0.15, -0.1) is 0 Å². The van der Waals surface area contributed by atoms with Crippen LogP contribution in [0.3, 0.4) is 0 Å². The second-order valence-electron chi connectivity index (χ2n) is 7.09. The lowest BCUT2D eigenvalue weighted by atomic mass is 10.0. The SMILES string of the molecule is CC(OC(=O)c1c2c(nc3ccccc13)CCC2)C(=O)Nc1ccccc1[N+](=O)[O-]. The number of aryl methyl sites for hydroxylation is 1. The molecule has 1 aromatic heterocycles. The maximum absolute atomic E-state index is 13.0. The standard InChI is InChI=1S/C22H19N3O5/c1-13(21(26)24-18-10-4-5-12-19(18)25(28)29)30-22(27)20-14-7-2-3-9-16(14)23-17-11-6-8-15(17)20/h2-5,7,9-10,12-13H,6,8,11H2,1H3,(H,24,26). The molecule has 30 heavy (non-hydrogen) atoms. The van der Waals surface area contributed by atoms with Gasteiger partial charge in [-0.3, -0.25) is 19.9 Å². The molecule has 0 saturated carbocycles. The summed E-state index contributed by atoms with van der Waals surface area (Å²) in [7, 11) is 0. The first-order valence-corrected chi connectivity index (χ1v) is 9.61. The number of fused-ring (bicyclic) bond motifs is 2. The number of nitrogens with zero attached hydrogens (tertiary/aromatic N) is 2. The molecule has 0 fully saturated rings. The lowest BCUT2D eigenvalue weighted by Gasteiger charge is -2.16. The van der Waals surface area contributed by atoms with E-state index in [1.807, 2.05) is 24.3 Å². The molecule has 1 unspecified atom stereocenters. The number of pyridine rings is 1. The number of nitro benzene ring substituents is 1. The van der Waals surface area contributed by atoms with E-state index in [0.717, 1.165) is 30.5 Å². The van der Waals surface area contributed by atoms with E-state index in [0.29, 0.717) is 16.5 Å². The fourth-order valence-corrected chi connectivity index (χ4v) is 3.69. The van der Waals surface area contributed by atoms with Crippen LogP contribution in [0.2, 0.25) is 0 Å². The molecule has 1 amide bonds. The smallest absolute Gasteiger partial charge is 0.339 e. The third kappa shape index (κ3) is 3.59. The minimum atomic E-state index is -1.14. The molecular formula is C22H19N3O5. The third-order valence-corrected chi connectivity index (χ3v) is 5.14. The van der Waals surface area contributed by atoms with Gasteiger partial charge in [-0.1, -0.05) is 30.3 Å².